The predicted molar refractivity (Wildman–Crippen MR) is 187 cm³/mol. The fourth-order valence-electron chi connectivity index (χ4n) is 6.41. The summed E-state index contributed by atoms with van der Waals surface area (Å²) in [5.74, 6) is -2.17. The maximum absolute atomic E-state index is 14.4. The molecule has 272 valence electrons. The van der Waals surface area contributed by atoms with Gasteiger partial charge in [-0.25, -0.2) is 18.2 Å². The molecule has 0 bridgehead atoms. The van der Waals surface area contributed by atoms with Crippen LogP contribution in [0.25, 0.3) is 10.8 Å². The highest BCUT2D eigenvalue weighted by Crippen LogP contribution is 2.45. The first-order valence-electron chi connectivity index (χ1n) is 17.4. The van der Waals surface area contributed by atoms with Crippen LogP contribution in [0.3, 0.4) is 0 Å². The second-order valence-electron chi connectivity index (χ2n) is 14.6. The maximum atomic E-state index is 14.4. The summed E-state index contributed by atoms with van der Waals surface area (Å²) in [6, 6.07) is 7.22. The molecule has 5 atom stereocenters. The lowest BCUT2D eigenvalue weighted by Gasteiger charge is -2.35. The maximum Gasteiger partial charge on any atom is 0.407 e. The molecule has 1 saturated heterocycles. The van der Waals surface area contributed by atoms with Crippen LogP contribution in [-0.4, -0.2) is 84.2 Å². The summed E-state index contributed by atoms with van der Waals surface area (Å²) in [5, 5.41) is 6.55. The Morgan fingerprint density at radius 3 is 2.52 bits per heavy atom. The van der Waals surface area contributed by atoms with E-state index < -0.39 is 74.1 Å². The van der Waals surface area contributed by atoms with Gasteiger partial charge in [0.15, 0.2) is 0 Å². The van der Waals surface area contributed by atoms with Crippen LogP contribution in [0.4, 0.5) is 4.79 Å². The Kier molecular flexibility index (Phi) is 11.1. The van der Waals surface area contributed by atoms with Gasteiger partial charge in [-0.15, -0.1) is 6.58 Å². The fourth-order valence-corrected chi connectivity index (χ4v) is 7.77. The average Bonchev–Trinajstić information content (AvgIpc) is 4.00. The van der Waals surface area contributed by atoms with Crippen LogP contribution in [0.5, 0.6) is 5.88 Å². The molecule has 14 heteroatoms. The summed E-state index contributed by atoms with van der Waals surface area (Å²) in [6.45, 7) is 11.5. The quantitative estimate of drug-likeness (QED) is 0.183. The van der Waals surface area contributed by atoms with Crippen LogP contribution < -0.4 is 20.1 Å². The highest BCUT2D eigenvalue weighted by molar-refractivity contribution is 7.91. The first-order chi connectivity index (χ1) is 23.7. The van der Waals surface area contributed by atoms with E-state index in [2.05, 4.69) is 33.8 Å². The highest BCUT2D eigenvalue weighted by atomic mass is 32.2. The van der Waals surface area contributed by atoms with Gasteiger partial charge in [-0.05, 0) is 48.6 Å². The number of amides is 4. The Morgan fingerprint density at radius 1 is 1.12 bits per heavy atom. The zero-order valence-electron chi connectivity index (χ0n) is 29.3. The molecule has 5 unspecified atom stereocenters. The van der Waals surface area contributed by atoms with Crippen molar-refractivity contribution in [2.24, 2.45) is 11.3 Å². The largest absolute Gasteiger partial charge is 0.472 e. The number of fused-ring (bicyclic) bond motifs is 1. The standard InChI is InChI=1S/C36H49N5O8S/c1-6-8-9-12-19-48-34(45)38-29(35(3,4)5)32(43)41-22-25(49-31-27-14-11-10-13-23(27)17-18-37-31)20-28(41)30(42)39-36(21-24(36)7-2)33(44)40-50(46,47)26-15-16-26/h7,10-11,13-14,17-18,24-26,28-29H,2,6,8-9,12,15-16,19-22H2,1,3-5H3,(H,38,45)(H,39,42)(H,40,44). The lowest BCUT2D eigenvalue weighted by molar-refractivity contribution is -0.142. The number of benzene rings is 1. The van der Waals surface area contributed by atoms with E-state index in [9.17, 15) is 27.6 Å². The van der Waals surface area contributed by atoms with Gasteiger partial charge in [-0.1, -0.05) is 71.2 Å². The van der Waals surface area contributed by atoms with E-state index in [1.54, 1.807) is 27.0 Å². The molecule has 0 radical (unpaired) electrons. The molecule has 2 saturated carbocycles. The van der Waals surface area contributed by atoms with Crippen LogP contribution in [0.1, 0.15) is 79.1 Å². The van der Waals surface area contributed by atoms with Crippen molar-refractivity contribution < 1.29 is 37.1 Å². The Balaban J connectivity index is 1.39. The van der Waals surface area contributed by atoms with Gasteiger partial charge >= 0.3 is 6.09 Å². The monoisotopic (exact) mass is 711 g/mol. The summed E-state index contributed by atoms with van der Waals surface area (Å²) in [4.78, 5) is 60.7. The minimum Gasteiger partial charge on any atom is -0.472 e. The highest BCUT2D eigenvalue weighted by Gasteiger charge is 2.62. The topological polar surface area (TPSA) is 173 Å². The molecule has 13 nitrogen and oxygen atoms in total. The van der Waals surface area contributed by atoms with Crippen LogP contribution in [-0.2, 0) is 29.1 Å². The molecule has 5 rings (SSSR count). The molecule has 1 aromatic carbocycles. The van der Waals surface area contributed by atoms with Gasteiger partial charge < -0.3 is 25.0 Å². The Hall–Kier alpha value is -4.20. The minimum absolute atomic E-state index is 0.0116. The van der Waals surface area contributed by atoms with Crippen LogP contribution >= 0.6 is 0 Å². The number of nitrogens with zero attached hydrogens (tertiary/aromatic N) is 2. The van der Waals surface area contributed by atoms with Crippen molar-refractivity contribution in [3.63, 3.8) is 0 Å². The number of carbonyl (C=O) groups is 4. The first-order valence-corrected chi connectivity index (χ1v) is 19.0. The number of sulfonamides is 1. The van der Waals surface area contributed by atoms with E-state index >= 15 is 0 Å². The number of hydrogen-bond acceptors (Lipinski definition) is 9. The normalized spacial score (nSPS) is 23.8. The molecule has 1 aliphatic heterocycles. The van der Waals surface area contributed by atoms with Crippen molar-refractivity contribution in [2.75, 3.05) is 13.2 Å². The van der Waals surface area contributed by atoms with Gasteiger partial charge in [-0.3, -0.25) is 19.1 Å². The number of likely N-dealkylation sites (tertiary alicyclic amines) is 1. The fraction of sp³-hybridized carbons (Fsp3) is 0.583. The zero-order chi connectivity index (χ0) is 36.3. The third-order valence-electron chi connectivity index (χ3n) is 9.62. The third-order valence-corrected chi connectivity index (χ3v) is 11.4. The lowest BCUT2D eigenvalue weighted by Crippen LogP contribution is -2.60. The number of carbonyl (C=O) groups excluding carboxylic acids is 4. The van der Waals surface area contributed by atoms with Crippen LogP contribution in [0.15, 0.2) is 49.2 Å². The minimum atomic E-state index is -3.88. The molecule has 50 heavy (non-hydrogen) atoms. The van der Waals surface area contributed by atoms with Crippen molar-refractivity contribution in [1.29, 1.82) is 0 Å². The molecule has 2 aliphatic carbocycles. The van der Waals surface area contributed by atoms with Crippen molar-refractivity contribution in [1.82, 2.24) is 25.2 Å². The summed E-state index contributed by atoms with van der Waals surface area (Å²) < 4.78 is 39.2. The second-order valence-corrected chi connectivity index (χ2v) is 16.6. The predicted octanol–water partition coefficient (Wildman–Crippen LogP) is 3.97. The van der Waals surface area contributed by atoms with Gasteiger partial charge in [0.05, 0.1) is 18.4 Å². The summed E-state index contributed by atoms with van der Waals surface area (Å²) in [6.07, 6.45) is 6.55. The summed E-state index contributed by atoms with van der Waals surface area (Å²) in [5.41, 5.74) is -2.31. The second kappa shape index (κ2) is 15.0. The van der Waals surface area contributed by atoms with E-state index in [0.717, 1.165) is 30.0 Å². The smallest absolute Gasteiger partial charge is 0.407 e. The molecular weight excluding hydrogens is 662 g/mol. The number of alkyl carbamates (subject to hydrolysis) is 1. The molecule has 3 fully saturated rings. The number of rotatable bonds is 15. The van der Waals surface area contributed by atoms with Gasteiger partial charge in [0, 0.05) is 23.9 Å². The SMILES string of the molecule is C=CC1CC1(NC(=O)C1CC(Oc2nccc3ccccc23)CN1C(=O)C(NC(=O)OCCCCCC)C(C)(C)C)C(=O)NS(=O)(=O)C1CC1. The van der Waals surface area contributed by atoms with Crippen LogP contribution in [0, 0.1) is 11.3 Å². The Labute approximate surface area is 294 Å². The van der Waals surface area contributed by atoms with Crippen molar-refractivity contribution in [3.05, 3.63) is 49.2 Å². The van der Waals surface area contributed by atoms with E-state index in [0.29, 0.717) is 25.1 Å². The number of pyridine rings is 1. The van der Waals surface area contributed by atoms with Gasteiger partial charge in [-0.2, -0.15) is 0 Å². The molecule has 3 N–H and O–H groups in total. The molecule has 1 aromatic heterocycles. The van der Waals surface area contributed by atoms with E-state index in [1.165, 1.54) is 11.0 Å². The molecule has 2 heterocycles. The number of hydrogen-bond donors (Lipinski definition) is 3. The Morgan fingerprint density at radius 2 is 1.86 bits per heavy atom. The van der Waals surface area contributed by atoms with Gasteiger partial charge in [0.25, 0.3) is 5.91 Å². The van der Waals surface area contributed by atoms with Crippen molar-refractivity contribution in [2.45, 2.75) is 108 Å². The van der Waals surface area contributed by atoms with Gasteiger partial charge in [0.2, 0.25) is 27.7 Å². The van der Waals surface area contributed by atoms with E-state index in [4.69, 9.17) is 9.47 Å². The summed E-state index contributed by atoms with van der Waals surface area (Å²) >= 11 is 0. The Bertz CT molecular complexity index is 1720. The van der Waals surface area contributed by atoms with E-state index in [1.807, 2.05) is 30.3 Å². The molecule has 0 spiro atoms. The van der Waals surface area contributed by atoms with Crippen LogP contribution in [0.2, 0.25) is 0 Å². The average molecular weight is 712 g/mol. The third kappa shape index (κ3) is 8.39. The van der Waals surface area contributed by atoms with Crippen molar-refractivity contribution in [3.8, 4) is 5.88 Å². The van der Waals surface area contributed by atoms with Gasteiger partial charge in [0.1, 0.15) is 23.7 Å². The molecule has 3 aliphatic rings. The lowest BCUT2D eigenvalue weighted by atomic mass is 9.85. The van der Waals surface area contributed by atoms with Crippen molar-refractivity contribution >= 4 is 44.6 Å². The number of nitrogens with one attached hydrogen (secondary N) is 3. The zero-order valence-corrected chi connectivity index (χ0v) is 30.1. The summed E-state index contributed by atoms with van der Waals surface area (Å²) in [7, 11) is -3.88. The van der Waals surface area contributed by atoms with E-state index in [-0.39, 0.29) is 26.0 Å². The number of aromatic nitrogens is 1. The number of ether oxygens (including phenoxy) is 2. The molecular formula is C36H49N5O8S. The first kappa shape index (κ1) is 37.1. The number of unbranched alkanes of at least 4 members (excludes halogenated alkanes) is 3. The molecule has 4 amide bonds. The molecule has 2 aromatic rings.